The Labute approximate surface area is 201 Å². The van der Waals surface area contributed by atoms with Gasteiger partial charge in [0, 0.05) is 12.1 Å². The lowest BCUT2D eigenvalue weighted by atomic mass is 9.98. The molecule has 2 saturated heterocycles. The molecule has 0 radical (unpaired) electrons. The minimum absolute atomic E-state index is 0.0180. The normalized spacial score (nSPS) is 22.9. The number of nitrogens with zero attached hydrogens (tertiary/aromatic N) is 2. The SMILES string of the molecule is O=C=C1CS(=O)[C@@H]2C(NC(=O)Cc3ccccc3)C(=O)N2C1C(=O)OCc1ccc([N+](=O)[O-])cc1. The van der Waals surface area contributed by atoms with Crippen molar-refractivity contribution in [2.45, 2.75) is 30.5 Å². The number of nitrogens with one attached hydrogen (secondary N) is 1. The van der Waals surface area contributed by atoms with E-state index in [9.17, 15) is 33.5 Å². The van der Waals surface area contributed by atoms with Gasteiger partial charge in [-0.15, -0.1) is 0 Å². The molecule has 2 fully saturated rings. The first-order valence-corrected chi connectivity index (χ1v) is 11.8. The van der Waals surface area contributed by atoms with E-state index in [1.807, 2.05) is 0 Å². The number of amides is 2. The average molecular weight is 497 g/mol. The Morgan fingerprint density at radius 2 is 1.83 bits per heavy atom. The molecule has 2 aromatic rings. The van der Waals surface area contributed by atoms with Crippen LogP contribution in [0.3, 0.4) is 0 Å². The molecule has 4 atom stereocenters. The summed E-state index contributed by atoms with van der Waals surface area (Å²) in [6, 6.07) is 11.7. The first kappa shape index (κ1) is 24.0. The molecule has 2 aromatic carbocycles. The van der Waals surface area contributed by atoms with Crippen molar-refractivity contribution in [2.24, 2.45) is 0 Å². The standard InChI is InChI=1S/C23H19N3O8S/c27-11-16-13-35(33)22-19(24-18(28)10-14-4-2-1-3-5-14)21(29)25(22)20(16)23(30)34-12-15-6-8-17(9-7-15)26(31)32/h1-9,19-20,22H,10,12-13H2,(H,24,28)/t19?,20?,22-,35?/m1/s1. The molecular weight excluding hydrogens is 478 g/mol. The van der Waals surface area contributed by atoms with Crippen LogP contribution in [0.15, 0.2) is 60.2 Å². The van der Waals surface area contributed by atoms with Crippen LogP contribution in [0, 0.1) is 10.1 Å². The van der Waals surface area contributed by atoms with E-state index in [2.05, 4.69) is 5.32 Å². The Bertz CT molecular complexity index is 1260. The summed E-state index contributed by atoms with van der Waals surface area (Å²) >= 11 is 0. The molecule has 1 N–H and O–H groups in total. The van der Waals surface area contributed by atoms with E-state index in [1.165, 1.54) is 24.3 Å². The zero-order chi connectivity index (χ0) is 25.1. The summed E-state index contributed by atoms with van der Waals surface area (Å²) < 4.78 is 18.0. The molecule has 2 heterocycles. The minimum Gasteiger partial charge on any atom is -0.459 e. The van der Waals surface area contributed by atoms with Crippen LogP contribution in [0.2, 0.25) is 0 Å². The van der Waals surface area contributed by atoms with Gasteiger partial charge in [0.05, 0.1) is 33.5 Å². The number of non-ortho nitro benzene ring substituents is 1. The number of carbonyl (C=O) groups excluding carboxylic acids is 4. The quantitative estimate of drug-likeness (QED) is 0.190. The number of carbonyl (C=O) groups is 3. The van der Waals surface area contributed by atoms with Crippen molar-refractivity contribution < 1.29 is 33.0 Å². The van der Waals surface area contributed by atoms with Crippen LogP contribution in [0.25, 0.3) is 0 Å². The van der Waals surface area contributed by atoms with Crippen LogP contribution in [-0.4, -0.2) is 61.0 Å². The first-order valence-electron chi connectivity index (χ1n) is 10.5. The van der Waals surface area contributed by atoms with Gasteiger partial charge in [-0.25, -0.2) is 9.59 Å². The predicted octanol–water partition coefficient (Wildman–Crippen LogP) is 0.423. The highest BCUT2D eigenvalue weighted by atomic mass is 32.2. The van der Waals surface area contributed by atoms with Gasteiger partial charge in [0.15, 0.2) is 6.04 Å². The third-order valence-corrected chi connectivity index (χ3v) is 7.30. The highest BCUT2D eigenvalue weighted by Gasteiger charge is 2.60. The second-order valence-electron chi connectivity index (χ2n) is 7.93. The summed E-state index contributed by atoms with van der Waals surface area (Å²) in [4.78, 5) is 60.7. The summed E-state index contributed by atoms with van der Waals surface area (Å²) in [5, 5.41) is 12.3. The molecule has 0 aliphatic carbocycles. The largest absolute Gasteiger partial charge is 0.459 e. The van der Waals surface area contributed by atoms with Crippen LogP contribution in [0.4, 0.5) is 5.69 Å². The maximum Gasteiger partial charge on any atom is 0.334 e. The molecule has 0 spiro atoms. The van der Waals surface area contributed by atoms with Crippen molar-refractivity contribution >= 4 is 40.2 Å². The molecule has 2 amide bonds. The highest BCUT2D eigenvalue weighted by Crippen LogP contribution is 2.34. The van der Waals surface area contributed by atoms with Crippen LogP contribution in [-0.2, 0) is 47.7 Å². The lowest BCUT2D eigenvalue weighted by Crippen LogP contribution is -2.77. The maximum atomic E-state index is 12.8. The van der Waals surface area contributed by atoms with E-state index in [0.29, 0.717) is 5.56 Å². The van der Waals surface area contributed by atoms with Gasteiger partial charge >= 0.3 is 5.97 Å². The Morgan fingerprint density at radius 3 is 2.46 bits per heavy atom. The van der Waals surface area contributed by atoms with E-state index >= 15 is 0 Å². The van der Waals surface area contributed by atoms with E-state index in [4.69, 9.17) is 4.74 Å². The van der Waals surface area contributed by atoms with Crippen molar-refractivity contribution in [1.82, 2.24) is 10.2 Å². The van der Waals surface area contributed by atoms with Crippen LogP contribution in [0.5, 0.6) is 0 Å². The molecule has 3 unspecified atom stereocenters. The Hall–Kier alpha value is -4.15. The van der Waals surface area contributed by atoms with E-state index in [-0.39, 0.29) is 30.0 Å². The number of hydrogen-bond donors (Lipinski definition) is 1. The molecule has 35 heavy (non-hydrogen) atoms. The van der Waals surface area contributed by atoms with Crippen LogP contribution >= 0.6 is 0 Å². The Morgan fingerprint density at radius 1 is 1.14 bits per heavy atom. The second-order valence-corrected chi connectivity index (χ2v) is 9.46. The number of ether oxygens (including phenoxy) is 1. The molecule has 2 aliphatic heterocycles. The fraction of sp³-hybridized carbons (Fsp3) is 0.261. The molecular formula is C23H19N3O8S. The minimum atomic E-state index is -1.74. The number of β-lactam (4-membered cyclic amide) rings is 1. The van der Waals surface area contributed by atoms with Crippen molar-refractivity contribution in [3.8, 4) is 0 Å². The van der Waals surface area contributed by atoms with Gasteiger partial charge in [-0.2, -0.15) is 0 Å². The summed E-state index contributed by atoms with van der Waals surface area (Å²) in [6.07, 6.45) is 0.0180. The summed E-state index contributed by atoms with van der Waals surface area (Å²) in [5.74, 6) is -0.725. The van der Waals surface area contributed by atoms with Crippen molar-refractivity contribution in [2.75, 3.05) is 5.75 Å². The maximum absolute atomic E-state index is 12.8. The van der Waals surface area contributed by atoms with Gasteiger partial charge in [-0.05, 0) is 23.3 Å². The summed E-state index contributed by atoms with van der Waals surface area (Å²) in [6.45, 7) is -0.257. The van der Waals surface area contributed by atoms with Crippen molar-refractivity contribution in [1.29, 1.82) is 0 Å². The smallest absolute Gasteiger partial charge is 0.334 e. The number of nitro benzene ring substituents is 1. The highest BCUT2D eigenvalue weighted by molar-refractivity contribution is 7.86. The molecule has 2 aliphatic rings. The Balaban J connectivity index is 1.44. The fourth-order valence-corrected chi connectivity index (χ4v) is 5.61. The third-order valence-electron chi connectivity index (χ3n) is 5.66. The Kier molecular flexibility index (Phi) is 6.85. The van der Waals surface area contributed by atoms with Gasteiger partial charge in [0.2, 0.25) is 11.8 Å². The fourth-order valence-electron chi connectivity index (χ4n) is 3.95. The first-order chi connectivity index (χ1) is 16.8. The van der Waals surface area contributed by atoms with Gasteiger partial charge in [-0.1, -0.05) is 30.3 Å². The third kappa shape index (κ3) is 4.88. The van der Waals surface area contributed by atoms with E-state index < -0.39 is 51.0 Å². The lowest BCUT2D eigenvalue weighted by Gasteiger charge is -2.51. The number of nitro groups is 1. The van der Waals surface area contributed by atoms with Gasteiger partial charge in [0.25, 0.3) is 5.69 Å². The molecule has 0 saturated carbocycles. The topological polar surface area (TPSA) is 153 Å². The van der Waals surface area contributed by atoms with Crippen molar-refractivity contribution in [3.63, 3.8) is 0 Å². The van der Waals surface area contributed by atoms with Crippen LogP contribution < -0.4 is 5.32 Å². The molecule has 0 aromatic heterocycles. The predicted molar refractivity (Wildman–Crippen MR) is 122 cm³/mol. The number of rotatable bonds is 7. The second kappa shape index (κ2) is 10.00. The number of fused-ring (bicyclic) bond motifs is 1. The van der Waals surface area contributed by atoms with E-state index in [1.54, 1.807) is 36.3 Å². The zero-order valence-corrected chi connectivity index (χ0v) is 18.9. The van der Waals surface area contributed by atoms with Crippen LogP contribution in [0.1, 0.15) is 11.1 Å². The molecule has 180 valence electrons. The molecule has 11 nitrogen and oxygen atoms in total. The zero-order valence-electron chi connectivity index (χ0n) is 18.1. The van der Waals surface area contributed by atoms with E-state index in [0.717, 1.165) is 10.5 Å². The van der Waals surface area contributed by atoms with Gasteiger partial charge in [0.1, 0.15) is 24.0 Å². The molecule has 0 bridgehead atoms. The number of benzene rings is 2. The summed E-state index contributed by atoms with van der Waals surface area (Å²) in [7, 11) is -1.74. The monoisotopic (exact) mass is 497 g/mol. The van der Waals surface area contributed by atoms with Crippen molar-refractivity contribution in [3.05, 3.63) is 81.4 Å². The average Bonchev–Trinajstić information content (AvgIpc) is 2.86. The molecule has 12 heteroatoms. The molecule has 4 rings (SSSR count). The van der Waals surface area contributed by atoms with Gasteiger partial charge < -0.3 is 15.0 Å². The summed E-state index contributed by atoms with van der Waals surface area (Å²) in [5.41, 5.74) is 0.876. The lowest BCUT2D eigenvalue weighted by molar-refractivity contribution is -0.384. The van der Waals surface area contributed by atoms with Gasteiger partial charge in [-0.3, -0.25) is 23.9 Å². The number of hydrogen-bond acceptors (Lipinski definition) is 8. The number of esters is 1.